The van der Waals surface area contributed by atoms with E-state index in [0.29, 0.717) is 29.8 Å². The van der Waals surface area contributed by atoms with Gasteiger partial charge in [0, 0.05) is 45.5 Å². The highest BCUT2D eigenvalue weighted by Crippen LogP contribution is 2.36. The number of halogens is 1. The van der Waals surface area contributed by atoms with E-state index in [9.17, 15) is 19.7 Å². The maximum atomic E-state index is 13.8. The summed E-state index contributed by atoms with van der Waals surface area (Å²) in [5.74, 6) is -0.300. The average molecular weight is 511 g/mol. The summed E-state index contributed by atoms with van der Waals surface area (Å²) in [5.41, 5.74) is 3.07. The zero-order chi connectivity index (χ0) is 27.1. The molecule has 38 heavy (non-hydrogen) atoms. The molecule has 3 aromatic heterocycles. The van der Waals surface area contributed by atoms with Crippen LogP contribution in [0.3, 0.4) is 0 Å². The van der Waals surface area contributed by atoms with E-state index in [1.165, 1.54) is 16.7 Å². The standard InChI is InChI=1S/C28H27FN8O/c1-17-14-37(27-22(12-31)28(38)35(4)24-10-9-21(11-30)33-25(24)27)18(2)13-36(17)26(23-15-34(3)16-32-23)19-5-7-20(29)8-6-19/h5-10,15-18,26H,13-14H2,1-4H3/t17-,18+,26?/m1/s1. The zero-order valence-corrected chi connectivity index (χ0v) is 21.6. The number of imidazole rings is 1. The van der Waals surface area contributed by atoms with Crippen LogP contribution in [0.15, 0.2) is 53.7 Å². The number of rotatable bonds is 4. The van der Waals surface area contributed by atoms with Crippen LogP contribution in [0.4, 0.5) is 10.1 Å². The highest BCUT2D eigenvalue weighted by atomic mass is 19.1. The van der Waals surface area contributed by atoms with Crippen LogP contribution in [0.1, 0.15) is 42.4 Å². The summed E-state index contributed by atoms with van der Waals surface area (Å²) in [6.45, 7) is 5.21. The van der Waals surface area contributed by atoms with Gasteiger partial charge in [0.2, 0.25) is 0 Å². The number of pyridine rings is 2. The van der Waals surface area contributed by atoms with Crippen molar-refractivity contribution >= 4 is 16.7 Å². The van der Waals surface area contributed by atoms with Crippen molar-refractivity contribution < 1.29 is 4.39 Å². The molecular weight excluding hydrogens is 483 g/mol. The number of nitriles is 2. The lowest BCUT2D eigenvalue weighted by atomic mass is 9.96. The molecule has 1 fully saturated rings. The minimum atomic E-state index is -0.401. The molecule has 5 rings (SSSR count). The van der Waals surface area contributed by atoms with Gasteiger partial charge in [-0.25, -0.2) is 14.4 Å². The van der Waals surface area contributed by atoms with E-state index >= 15 is 0 Å². The smallest absolute Gasteiger partial charge is 0.270 e. The average Bonchev–Trinajstić information content (AvgIpc) is 3.34. The van der Waals surface area contributed by atoms with Gasteiger partial charge in [0.1, 0.15) is 34.7 Å². The summed E-state index contributed by atoms with van der Waals surface area (Å²) in [5, 5.41) is 19.5. The van der Waals surface area contributed by atoms with Gasteiger partial charge < -0.3 is 14.0 Å². The monoisotopic (exact) mass is 510 g/mol. The quantitative estimate of drug-likeness (QED) is 0.415. The Hall–Kier alpha value is -4.54. The van der Waals surface area contributed by atoms with Gasteiger partial charge in [-0.1, -0.05) is 12.1 Å². The van der Waals surface area contributed by atoms with Gasteiger partial charge in [-0.3, -0.25) is 9.69 Å². The normalized spacial score (nSPS) is 18.8. The zero-order valence-electron chi connectivity index (χ0n) is 21.6. The first-order valence-corrected chi connectivity index (χ1v) is 12.3. The second-order valence-corrected chi connectivity index (χ2v) is 9.84. The fourth-order valence-corrected chi connectivity index (χ4v) is 5.41. The Morgan fingerprint density at radius 1 is 1.03 bits per heavy atom. The molecule has 0 N–H and O–H groups in total. The molecule has 1 aromatic carbocycles. The lowest BCUT2D eigenvalue weighted by molar-refractivity contribution is 0.128. The van der Waals surface area contributed by atoms with Crippen LogP contribution in [0.5, 0.6) is 0 Å². The van der Waals surface area contributed by atoms with Crippen molar-refractivity contribution in [2.24, 2.45) is 14.1 Å². The Labute approximate surface area is 219 Å². The molecule has 0 bridgehead atoms. The minimum Gasteiger partial charge on any atom is -0.363 e. The lowest BCUT2D eigenvalue weighted by Gasteiger charge is -2.48. The van der Waals surface area contributed by atoms with Crippen LogP contribution < -0.4 is 10.5 Å². The molecule has 1 unspecified atom stereocenters. The summed E-state index contributed by atoms with van der Waals surface area (Å²) in [4.78, 5) is 26.7. The lowest BCUT2D eigenvalue weighted by Crippen LogP contribution is -2.58. The van der Waals surface area contributed by atoms with Crippen molar-refractivity contribution in [2.75, 3.05) is 18.0 Å². The number of aromatic nitrogens is 4. The van der Waals surface area contributed by atoms with E-state index in [1.807, 2.05) is 24.7 Å². The summed E-state index contributed by atoms with van der Waals surface area (Å²) < 4.78 is 17.1. The Kier molecular flexibility index (Phi) is 6.43. The topological polar surface area (TPSA) is 107 Å². The van der Waals surface area contributed by atoms with Gasteiger partial charge in [0.25, 0.3) is 5.56 Å². The number of benzene rings is 1. The van der Waals surface area contributed by atoms with E-state index in [4.69, 9.17) is 0 Å². The van der Waals surface area contributed by atoms with Gasteiger partial charge in [-0.15, -0.1) is 0 Å². The number of anilines is 1. The highest BCUT2D eigenvalue weighted by molar-refractivity contribution is 5.92. The Bertz CT molecular complexity index is 1660. The van der Waals surface area contributed by atoms with Crippen LogP contribution in [-0.4, -0.2) is 49.2 Å². The number of nitrogens with zero attached hydrogens (tertiary/aromatic N) is 8. The Balaban J connectivity index is 1.61. The SMILES string of the molecule is C[C@@H]1CN(c2c(C#N)c(=O)n(C)c3ccc(C#N)nc23)[C@@H](C)CN1C(c1ccc(F)cc1)c1cn(C)cn1. The Morgan fingerprint density at radius 2 is 1.76 bits per heavy atom. The van der Waals surface area contributed by atoms with Crippen LogP contribution in [-0.2, 0) is 14.1 Å². The van der Waals surface area contributed by atoms with Gasteiger partial charge in [0.05, 0.1) is 29.3 Å². The Morgan fingerprint density at radius 3 is 2.39 bits per heavy atom. The molecule has 9 nitrogen and oxygen atoms in total. The first-order chi connectivity index (χ1) is 18.2. The molecule has 1 saturated heterocycles. The third-order valence-corrected chi connectivity index (χ3v) is 7.29. The van der Waals surface area contributed by atoms with Gasteiger partial charge in [0.15, 0.2) is 0 Å². The van der Waals surface area contributed by atoms with Crippen molar-refractivity contribution in [3.63, 3.8) is 0 Å². The summed E-state index contributed by atoms with van der Waals surface area (Å²) in [6, 6.07) is 13.6. The number of piperazine rings is 1. The molecular formula is C28H27FN8O. The maximum Gasteiger partial charge on any atom is 0.270 e. The molecule has 0 saturated carbocycles. The molecule has 0 amide bonds. The second kappa shape index (κ2) is 9.73. The van der Waals surface area contributed by atoms with E-state index < -0.39 is 5.56 Å². The predicted octanol–water partition coefficient (Wildman–Crippen LogP) is 3.24. The molecule has 4 heterocycles. The first kappa shape index (κ1) is 25.1. The molecule has 4 aromatic rings. The van der Waals surface area contributed by atoms with Crippen LogP contribution in [0.25, 0.3) is 11.0 Å². The van der Waals surface area contributed by atoms with E-state index in [-0.39, 0.29) is 35.2 Å². The third kappa shape index (κ3) is 4.19. The van der Waals surface area contributed by atoms with Crippen molar-refractivity contribution in [3.8, 4) is 12.1 Å². The molecule has 0 spiro atoms. The van der Waals surface area contributed by atoms with Crippen molar-refractivity contribution in [2.45, 2.75) is 32.0 Å². The number of fused-ring (bicyclic) bond motifs is 1. The van der Waals surface area contributed by atoms with Gasteiger partial charge in [-0.2, -0.15) is 10.5 Å². The van der Waals surface area contributed by atoms with Crippen molar-refractivity contribution in [3.05, 3.63) is 87.6 Å². The van der Waals surface area contributed by atoms with Gasteiger partial charge >= 0.3 is 0 Å². The maximum absolute atomic E-state index is 13.8. The van der Waals surface area contributed by atoms with E-state index in [0.717, 1.165) is 11.3 Å². The highest BCUT2D eigenvalue weighted by Gasteiger charge is 2.38. The fourth-order valence-electron chi connectivity index (χ4n) is 5.41. The summed E-state index contributed by atoms with van der Waals surface area (Å²) >= 11 is 0. The first-order valence-electron chi connectivity index (χ1n) is 12.3. The summed E-state index contributed by atoms with van der Waals surface area (Å²) in [6.07, 6.45) is 3.72. The molecule has 3 atom stereocenters. The largest absolute Gasteiger partial charge is 0.363 e. The number of aryl methyl sites for hydroxylation is 2. The number of hydrogen-bond donors (Lipinski definition) is 0. The van der Waals surface area contributed by atoms with Crippen molar-refractivity contribution in [1.29, 1.82) is 10.5 Å². The van der Waals surface area contributed by atoms with Gasteiger partial charge in [-0.05, 0) is 43.7 Å². The van der Waals surface area contributed by atoms with Crippen LogP contribution in [0, 0.1) is 28.5 Å². The molecule has 192 valence electrons. The molecule has 0 aliphatic carbocycles. The van der Waals surface area contributed by atoms with Crippen LogP contribution >= 0.6 is 0 Å². The van der Waals surface area contributed by atoms with E-state index in [1.54, 1.807) is 37.6 Å². The summed E-state index contributed by atoms with van der Waals surface area (Å²) in [7, 11) is 3.52. The minimum absolute atomic E-state index is 0.00917. The third-order valence-electron chi connectivity index (χ3n) is 7.29. The second-order valence-electron chi connectivity index (χ2n) is 9.84. The van der Waals surface area contributed by atoms with E-state index in [2.05, 4.69) is 38.8 Å². The number of hydrogen-bond acceptors (Lipinski definition) is 7. The molecule has 1 aliphatic rings. The van der Waals surface area contributed by atoms with Crippen molar-refractivity contribution in [1.82, 2.24) is 24.0 Å². The predicted molar refractivity (Wildman–Crippen MR) is 141 cm³/mol. The molecule has 10 heteroatoms. The fraction of sp³-hybridized carbons (Fsp3) is 0.321. The van der Waals surface area contributed by atoms with Crippen LogP contribution in [0.2, 0.25) is 0 Å². The molecule has 1 aliphatic heterocycles. The molecule has 0 radical (unpaired) electrons.